The molecule has 6 nitrogen and oxygen atoms in total. The number of carbonyl (C=O) groups is 1. The molecule has 0 spiro atoms. The van der Waals surface area contributed by atoms with Gasteiger partial charge >= 0.3 is 17.1 Å². The lowest BCUT2D eigenvalue weighted by Crippen LogP contribution is -2.40. The second kappa shape index (κ2) is 3.96. The van der Waals surface area contributed by atoms with Crippen LogP contribution in [-0.2, 0) is 11.3 Å². The fraction of sp³-hybridized carbons (Fsp3) is 0.500. The molecule has 0 unspecified atom stereocenters. The van der Waals surface area contributed by atoms with Crippen LogP contribution >= 0.6 is 0 Å². The predicted molar refractivity (Wildman–Crippen MR) is 55.5 cm³/mol. The first kappa shape index (κ1) is 10.7. The number of hydrogen-bond acceptors (Lipinski definition) is 3. The molecule has 2 rings (SSSR count). The molecular formula is C10H12N2O4. The van der Waals surface area contributed by atoms with Crippen LogP contribution in [0.3, 0.4) is 0 Å². The molecule has 0 saturated heterocycles. The second-order valence-corrected chi connectivity index (χ2v) is 3.88. The van der Waals surface area contributed by atoms with Crippen molar-refractivity contribution in [1.29, 1.82) is 0 Å². The number of carboxylic acid groups (broad SMARTS) is 1. The highest BCUT2D eigenvalue weighted by molar-refractivity contribution is 5.66. The molecule has 0 amide bonds. The minimum Gasteiger partial charge on any atom is -0.481 e. The van der Waals surface area contributed by atoms with Crippen molar-refractivity contribution >= 4 is 5.97 Å². The number of nitrogens with zero attached hydrogens (tertiary/aromatic N) is 2. The molecule has 0 radical (unpaired) electrons. The van der Waals surface area contributed by atoms with Gasteiger partial charge in [-0.2, -0.15) is 0 Å². The Labute approximate surface area is 90.8 Å². The van der Waals surface area contributed by atoms with Gasteiger partial charge in [-0.1, -0.05) is 0 Å². The van der Waals surface area contributed by atoms with Gasteiger partial charge in [0.2, 0.25) is 0 Å². The van der Waals surface area contributed by atoms with E-state index in [1.807, 2.05) is 0 Å². The van der Waals surface area contributed by atoms with Crippen LogP contribution in [-0.4, -0.2) is 20.2 Å². The standard InChI is InChI=1S/C10H12N2O4/c13-8(14)3-4-11-5-6-12(7-1-2-7)10(16)9(11)15/h5-7H,1-4H2,(H,13,14). The maximum atomic E-state index is 11.6. The SMILES string of the molecule is O=C(O)CCn1ccn(C2CC2)c(=O)c1=O. The highest BCUT2D eigenvalue weighted by atomic mass is 16.4. The Kier molecular flexibility index (Phi) is 2.64. The lowest BCUT2D eigenvalue weighted by Gasteiger charge is -2.06. The molecule has 1 N–H and O–H groups in total. The maximum absolute atomic E-state index is 11.6. The monoisotopic (exact) mass is 224 g/mol. The summed E-state index contributed by atoms with van der Waals surface area (Å²) in [6, 6.07) is 0.161. The second-order valence-electron chi connectivity index (χ2n) is 3.88. The van der Waals surface area contributed by atoms with E-state index in [1.165, 1.54) is 10.8 Å². The molecule has 6 heteroatoms. The van der Waals surface area contributed by atoms with Crippen LogP contribution in [0.5, 0.6) is 0 Å². The Morgan fingerprint density at radius 2 is 2.00 bits per heavy atom. The summed E-state index contributed by atoms with van der Waals surface area (Å²) in [7, 11) is 0. The van der Waals surface area contributed by atoms with E-state index in [0.717, 1.165) is 17.4 Å². The van der Waals surface area contributed by atoms with E-state index in [9.17, 15) is 14.4 Å². The molecule has 1 aliphatic rings. The van der Waals surface area contributed by atoms with Crippen molar-refractivity contribution in [2.24, 2.45) is 0 Å². The number of aromatic nitrogens is 2. The fourth-order valence-electron chi connectivity index (χ4n) is 1.55. The predicted octanol–water partition coefficient (Wildman–Crippen LogP) is -0.180. The molecule has 1 heterocycles. The molecule has 16 heavy (non-hydrogen) atoms. The molecular weight excluding hydrogens is 212 g/mol. The van der Waals surface area contributed by atoms with Crippen molar-refractivity contribution in [3.63, 3.8) is 0 Å². The van der Waals surface area contributed by atoms with Crippen molar-refractivity contribution < 1.29 is 9.90 Å². The number of rotatable bonds is 4. The van der Waals surface area contributed by atoms with Crippen molar-refractivity contribution in [1.82, 2.24) is 9.13 Å². The highest BCUT2D eigenvalue weighted by Gasteiger charge is 2.25. The molecule has 1 fully saturated rings. The molecule has 0 aliphatic heterocycles. The zero-order valence-corrected chi connectivity index (χ0v) is 8.63. The first-order valence-electron chi connectivity index (χ1n) is 5.13. The van der Waals surface area contributed by atoms with Gasteiger partial charge in [-0.25, -0.2) is 0 Å². The largest absolute Gasteiger partial charge is 0.481 e. The molecule has 1 aliphatic carbocycles. The van der Waals surface area contributed by atoms with Crippen LogP contribution in [0.25, 0.3) is 0 Å². The molecule has 1 aromatic rings. The molecule has 1 saturated carbocycles. The lowest BCUT2D eigenvalue weighted by molar-refractivity contribution is -0.137. The van der Waals surface area contributed by atoms with Crippen LogP contribution in [0, 0.1) is 0 Å². The maximum Gasteiger partial charge on any atom is 0.316 e. The quantitative estimate of drug-likeness (QED) is 0.719. The third kappa shape index (κ3) is 2.05. The summed E-state index contributed by atoms with van der Waals surface area (Å²) in [6.45, 7) is 0.0366. The smallest absolute Gasteiger partial charge is 0.316 e. The van der Waals surface area contributed by atoms with Gasteiger partial charge in [0.05, 0.1) is 6.42 Å². The van der Waals surface area contributed by atoms with E-state index < -0.39 is 17.1 Å². The van der Waals surface area contributed by atoms with Crippen LogP contribution in [0.4, 0.5) is 0 Å². The molecule has 0 aromatic carbocycles. The topological polar surface area (TPSA) is 81.3 Å². The van der Waals surface area contributed by atoms with Gasteiger partial charge in [0.25, 0.3) is 0 Å². The van der Waals surface area contributed by atoms with Gasteiger partial charge in [0.1, 0.15) is 0 Å². The van der Waals surface area contributed by atoms with Crippen molar-refractivity contribution in [3.05, 3.63) is 33.1 Å². The molecule has 86 valence electrons. The average Bonchev–Trinajstić information content (AvgIpc) is 3.04. The molecule has 1 aromatic heterocycles. The van der Waals surface area contributed by atoms with E-state index >= 15 is 0 Å². The summed E-state index contributed by atoms with van der Waals surface area (Å²) in [5.41, 5.74) is -1.20. The Balaban J connectivity index is 2.28. The summed E-state index contributed by atoms with van der Waals surface area (Å²) >= 11 is 0. The summed E-state index contributed by atoms with van der Waals surface area (Å²) in [4.78, 5) is 33.5. The number of hydrogen-bond donors (Lipinski definition) is 1. The van der Waals surface area contributed by atoms with E-state index in [-0.39, 0.29) is 19.0 Å². The minimum absolute atomic E-state index is 0.0366. The highest BCUT2D eigenvalue weighted by Crippen LogP contribution is 2.32. The third-order valence-electron chi connectivity index (χ3n) is 2.59. The Morgan fingerprint density at radius 1 is 1.31 bits per heavy atom. The van der Waals surface area contributed by atoms with Gasteiger partial charge in [0, 0.05) is 25.0 Å². The molecule has 0 atom stereocenters. The molecule has 0 bridgehead atoms. The summed E-state index contributed by atoms with van der Waals surface area (Å²) in [5.74, 6) is -0.988. The van der Waals surface area contributed by atoms with Gasteiger partial charge in [0.15, 0.2) is 0 Å². The van der Waals surface area contributed by atoms with Crippen molar-refractivity contribution in [2.75, 3.05) is 0 Å². The minimum atomic E-state index is -0.988. The van der Waals surface area contributed by atoms with E-state index in [4.69, 9.17) is 5.11 Å². The Morgan fingerprint density at radius 3 is 2.56 bits per heavy atom. The van der Waals surface area contributed by atoms with Gasteiger partial charge < -0.3 is 14.2 Å². The van der Waals surface area contributed by atoms with Crippen LogP contribution in [0.15, 0.2) is 22.0 Å². The van der Waals surface area contributed by atoms with Gasteiger partial charge in [-0.15, -0.1) is 0 Å². The van der Waals surface area contributed by atoms with Crippen molar-refractivity contribution in [3.8, 4) is 0 Å². The van der Waals surface area contributed by atoms with Gasteiger partial charge in [-0.3, -0.25) is 14.4 Å². The fourth-order valence-corrected chi connectivity index (χ4v) is 1.55. The van der Waals surface area contributed by atoms with E-state index in [1.54, 1.807) is 6.20 Å². The first-order valence-corrected chi connectivity index (χ1v) is 5.13. The van der Waals surface area contributed by atoms with Gasteiger partial charge in [-0.05, 0) is 12.8 Å². The summed E-state index contributed by atoms with van der Waals surface area (Å²) in [5, 5.41) is 8.49. The van der Waals surface area contributed by atoms with Crippen molar-refractivity contribution in [2.45, 2.75) is 31.8 Å². The number of aliphatic carboxylic acids is 1. The normalized spacial score (nSPS) is 15.0. The van der Waals surface area contributed by atoms with Crippen LogP contribution < -0.4 is 11.1 Å². The Hall–Kier alpha value is -1.85. The van der Waals surface area contributed by atoms with Crippen LogP contribution in [0.2, 0.25) is 0 Å². The lowest BCUT2D eigenvalue weighted by atomic mass is 10.4. The Bertz CT molecular complexity index is 524. The third-order valence-corrected chi connectivity index (χ3v) is 2.59. The number of carboxylic acids is 1. The zero-order chi connectivity index (χ0) is 11.7. The van der Waals surface area contributed by atoms with E-state index in [2.05, 4.69) is 0 Å². The average molecular weight is 224 g/mol. The van der Waals surface area contributed by atoms with E-state index in [0.29, 0.717) is 0 Å². The first-order chi connectivity index (χ1) is 7.59. The summed E-state index contributed by atoms with van der Waals surface area (Å²) < 4.78 is 2.58. The number of aryl methyl sites for hydroxylation is 1. The summed E-state index contributed by atoms with van der Waals surface area (Å²) in [6.07, 6.45) is 4.73. The zero-order valence-electron chi connectivity index (χ0n) is 8.63. The van der Waals surface area contributed by atoms with Crippen LogP contribution in [0.1, 0.15) is 25.3 Å².